The molecule has 3 aromatic rings. The van der Waals surface area contributed by atoms with E-state index in [0.717, 1.165) is 40.9 Å². The van der Waals surface area contributed by atoms with Crippen LogP contribution in [0.25, 0.3) is 11.1 Å². The molecule has 0 radical (unpaired) electrons. The Morgan fingerprint density at radius 2 is 2.04 bits per heavy atom. The number of nitrogens with zero attached hydrogens (tertiary/aromatic N) is 1. The fourth-order valence-corrected chi connectivity index (χ4v) is 3.15. The van der Waals surface area contributed by atoms with Gasteiger partial charge in [-0.3, -0.25) is 9.78 Å². The number of anilines is 1. The van der Waals surface area contributed by atoms with Gasteiger partial charge in [0.1, 0.15) is 0 Å². The van der Waals surface area contributed by atoms with Gasteiger partial charge in [0, 0.05) is 30.0 Å². The number of benzene rings is 1. The summed E-state index contributed by atoms with van der Waals surface area (Å²) in [6, 6.07) is 14.1. The van der Waals surface area contributed by atoms with E-state index in [1.807, 2.05) is 42.7 Å². The van der Waals surface area contributed by atoms with Crippen LogP contribution in [0.15, 0.2) is 61.1 Å². The molecule has 0 saturated carbocycles. The first kappa shape index (κ1) is 13.8. The molecule has 1 aromatic carbocycles. The van der Waals surface area contributed by atoms with Gasteiger partial charge in [-0.05, 0) is 59.9 Å². The van der Waals surface area contributed by atoms with E-state index in [0.29, 0.717) is 0 Å². The van der Waals surface area contributed by atoms with Crippen LogP contribution in [0.4, 0.5) is 5.69 Å². The number of hydrogen-bond donors (Lipinski definition) is 2. The van der Waals surface area contributed by atoms with Gasteiger partial charge in [0.05, 0.1) is 5.92 Å². The van der Waals surface area contributed by atoms with Crippen molar-refractivity contribution in [3.05, 3.63) is 72.3 Å². The summed E-state index contributed by atoms with van der Waals surface area (Å²) in [6.07, 6.45) is 7.19. The third kappa shape index (κ3) is 2.63. The molecule has 0 spiro atoms. The highest BCUT2D eigenvalue weighted by Crippen LogP contribution is 2.37. The maximum absolute atomic E-state index is 12.3. The number of amides is 1. The van der Waals surface area contributed by atoms with Gasteiger partial charge in [0.2, 0.25) is 5.91 Å². The minimum atomic E-state index is -0.0927. The first-order valence-corrected chi connectivity index (χ1v) is 7.79. The van der Waals surface area contributed by atoms with Crippen LogP contribution in [0.2, 0.25) is 0 Å². The molecule has 4 nitrogen and oxygen atoms in total. The Kier molecular flexibility index (Phi) is 3.42. The Morgan fingerprint density at radius 1 is 1.09 bits per heavy atom. The largest absolute Gasteiger partial charge is 0.365 e. The van der Waals surface area contributed by atoms with Crippen LogP contribution in [-0.4, -0.2) is 15.9 Å². The van der Waals surface area contributed by atoms with E-state index in [2.05, 4.69) is 27.4 Å². The van der Waals surface area contributed by atoms with Crippen molar-refractivity contribution in [1.82, 2.24) is 9.97 Å². The van der Waals surface area contributed by atoms with E-state index in [1.54, 1.807) is 6.20 Å². The number of carbonyl (C=O) groups is 1. The van der Waals surface area contributed by atoms with Gasteiger partial charge in [0.25, 0.3) is 0 Å². The smallest absolute Gasteiger partial charge is 0.232 e. The molecule has 0 aliphatic carbocycles. The molecule has 1 aliphatic rings. The molecule has 4 rings (SSSR count). The summed E-state index contributed by atoms with van der Waals surface area (Å²) in [5.41, 5.74) is 5.34. The fourth-order valence-electron chi connectivity index (χ4n) is 3.15. The molecule has 0 fully saturated rings. The first-order valence-electron chi connectivity index (χ1n) is 7.79. The molecular formula is C19H17N3O. The van der Waals surface area contributed by atoms with Crippen molar-refractivity contribution >= 4 is 11.6 Å². The second-order valence-corrected chi connectivity index (χ2v) is 5.82. The quantitative estimate of drug-likeness (QED) is 0.771. The lowest BCUT2D eigenvalue weighted by Gasteiger charge is -2.10. The van der Waals surface area contributed by atoms with Gasteiger partial charge in [0.15, 0.2) is 0 Å². The van der Waals surface area contributed by atoms with Gasteiger partial charge >= 0.3 is 0 Å². The lowest BCUT2D eigenvalue weighted by atomic mass is 9.92. The Hall–Kier alpha value is -2.88. The topological polar surface area (TPSA) is 57.8 Å². The zero-order valence-corrected chi connectivity index (χ0v) is 12.6. The van der Waals surface area contributed by atoms with Crippen molar-refractivity contribution in [3.8, 4) is 11.1 Å². The summed E-state index contributed by atoms with van der Waals surface area (Å²) in [5, 5.41) is 2.99. The number of hydrogen-bond acceptors (Lipinski definition) is 2. The first-order chi connectivity index (χ1) is 11.3. The van der Waals surface area contributed by atoms with E-state index in [4.69, 9.17) is 0 Å². The third-order valence-electron chi connectivity index (χ3n) is 4.36. The van der Waals surface area contributed by atoms with Crippen molar-refractivity contribution in [2.24, 2.45) is 0 Å². The van der Waals surface area contributed by atoms with E-state index >= 15 is 0 Å². The minimum absolute atomic E-state index is 0.0925. The van der Waals surface area contributed by atoms with Crippen molar-refractivity contribution in [3.63, 3.8) is 0 Å². The highest BCUT2D eigenvalue weighted by molar-refractivity contribution is 6.03. The number of fused-ring (bicyclic) bond motifs is 1. The molecule has 0 saturated heterocycles. The van der Waals surface area contributed by atoms with Crippen LogP contribution in [0, 0.1) is 0 Å². The molecule has 2 aromatic heterocycles. The minimum Gasteiger partial charge on any atom is -0.365 e. The van der Waals surface area contributed by atoms with E-state index in [-0.39, 0.29) is 11.8 Å². The molecule has 114 valence electrons. The normalized spacial score (nSPS) is 16.2. The average Bonchev–Trinajstić information content (AvgIpc) is 3.20. The zero-order valence-electron chi connectivity index (χ0n) is 12.6. The van der Waals surface area contributed by atoms with Gasteiger partial charge in [-0.2, -0.15) is 0 Å². The molecule has 2 N–H and O–H groups in total. The summed E-state index contributed by atoms with van der Waals surface area (Å²) in [5.74, 6) is -0.000172. The van der Waals surface area contributed by atoms with Gasteiger partial charge in [-0.1, -0.05) is 12.1 Å². The standard InChI is InChI=1S/C19H17N3O/c23-19-16(7-6-15-4-2-10-21-15)17-11-13(5-8-18(17)22-19)14-3-1-9-20-12-14/h1-5,8-12,16,21H,6-7H2,(H,22,23). The van der Waals surface area contributed by atoms with Crippen molar-refractivity contribution in [1.29, 1.82) is 0 Å². The Bertz CT molecular complexity index is 825. The highest BCUT2D eigenvalue weighted by Gasteiger charge is 2.30. The second-order valence-electron chi connectivity index (χ2n) is 5.82. The summed E-state index contributed by atoms with van der Waals surface area (Å²) < 4.78 is 0. The monoisotopic (exact) mass is 303 g/mol. The average molecular weight is 303 g/mol. The lowest BCUT2D eigenvalue weighted by molar-refractivity contribution is -0.117. The molecule has 1 amide bonds. The van der Waals surface area contributed by atoms with Crippen molar-refractivity contribution in [2.75, 3.05) is 5.32 Å². The van der Waals surface area contributed by atoms with Crippen LogP contribution in [0.3, 0.4) is 0 Å². The second kappa shape index (κ2) is 5.72. The van der Waals surface area contributed by atoms with Crippen LogP contribution in [0.5, 0.6) is 0 Å². The number of aromatic amines is 1. The number of rotatable bonds is 4. The number of pyridine rings is 1. The van der Waals surface area contributed by atoms with E-state index in [9.17, 15) is 4.79 Å². The summed E-state index contributed by atoms with van der Waals surface area (Å²) in [4.78, 5) is 19.7. The molecule has 23 heavy (non-hydrogen) atoms. The van der Waals surface area contributed by atoms with Crippen LogP contribution in [-0.2, 0) is 11.2 Å². The van der Waals surface area contributed by atoms with Crippen LogP contribution in [0.1, 0.15) is 23.6 Å². The number of H-pyrrole nitrogens is 1. The predicted octanol–water partition coefficient (Wildman–Crippen LogP) is 3.75. The molecule has 4 heteroatoms. The molecular weight excluding hydrogens is 286 g/mol. The van der Waals surface area contributed by atoms with Crippen LogP contribution < -0.4 is 5.32 Å². The maximum atomic E-state index is 12.3. The maximum Gasteiger partial charge on any atom is 0.232 e. The zero-order chi connectivity index (χ0) is 15.6. The van der Waals surface area contributed by atoms with E-state index < -0.39 is 0 Å². The SMILES string of the molecule is O=C1Nc2ccc(-c3cccnc3)cc2C1CCc1ccc[nH]1. The molecule has 1 unspecified atom stereocenters. The predicted molar refractivity (Wildman–Crippen MR) is 90.2 cm³/mol. The third-order valence-corrected chi connectivity index (χ3v) is 4.36. The number of aryl methyl sites for hydroxylation is 1. The Balaban J connectivity index is 1.63. The fraction of sp³-hybridized carbons (Fsp3) is 0.158. The van der Waals surface area contributed by atoms with E-state index in [1.165, 1.54) is 0 Å². The summed E-state index contributed by atoms with van der Waals surface area (Å²) in [6.45, 7) is 0. The van der Waals surface area contributed by atoms with Crippen molar-refractivity contribution in [2.45, 2.75) is 18.8 Å². The van der Waals surface area contributed by atoms with Crippen LogP contribution >= 0.6 is 0 Å². The van der Waals surface area contributed by atoms with Crippen molar-refractivity contribution < 1.29 is 4.79 Å². The van der Waals surface area contributed by atoms with Gasteiger partial charge in [-0.25, -0.2) is 0 Å². The summed E-state index contributed by atoms with van der Waals surface area (Å²) in [7, 11) is 0. The van der Waals surface area contributed by atoms with Gasteiger partial charge < -0.3 is 10.3 Å². The number of carbonyl (C=O) groups excluding carboxylic acids is 1. The molecule has 1 aliphatic heterocycles. The Morgan fingerprint density at radius 3 is 2.83 bits per heavy atom. The van der Waals surface area contributed by atoms with Gasteiger partial charge in [-0.15, -0.1) is 0 Å². The number of nitrogens with one attached hydrogen (secondary N) is 2. The summed E-state index contributed by atoms with van der Waals surface area (Å²) >= 11 is 0. The molecule has 0 bridgehead atoms. The molecule has 1 atom stereocenters. The number of aromatic nitrogens is 2. The molecule has 3 heterocycles. The lowest BCUT2D eigenvalue weighted by Crippen LogP contribution is -2.12. The Labute approximate surface area is 134 Å². The highest BCUT2D eigenvalue weighted by atomic mass is 16.2.